The van der Waals surface area contributed by atoms with Crippen LogP contribution in [0.25, 0.3) is 22.6 Å². The molecule has 0 bridgehead atoms. The van der Waals surface area contributed by atoms with Crippen LogP contribution in [-0.2, 0) is 22.3 Å². The van der Waals surface area contributed by atoms with E-state index in [2.05, 4.69) is 16.6 Å². The van der Waals surface area contributed by atoms with Crippen molar-refractivity contribution in [2.45, 2.75) is 48.5 Å². The second kappa shape index (κ2) is 8.76. The van der Waals surface area contributed by atoms with Crippen LogP contribution in [0.3, 0.4) is 0 Å². The summed E-state index contributed by atoms with van der Waals surface area (Å²) in [4.78, 5) is 5.05. The highest BCUT2D eigenvalue weighted by Gasteiger charge is 2.26. The van der Waals surface area contributed by atoms with Crippen molar-refractivity contribution in [3.8, 4) is 11.5 Å². The second-order valence-corrected chi connectivity index (χ2v) is 10.6. The lowest BCUT2D eigenvalue weighted by Crippen LogP contribution is -2.35. The Morgan fingerprint density at radius 3 is 2.69 bits per heavy atom. The molecule has 8 nitrogen and oxygen atoms in total. The van der Waals surface area contributed by atoms with Gasteiger partial charge in [0.2, 0.25) is 15.8 Å². The van der Waals surface area contributed by atoms with Crippen molar-refractivity contribution >= 4 is 32.8 Å². The lowest BCUT2D eigenvalue weighted by Gasteiger charge is -2.25. The van der Waals surface area contributed by atoms with Gasteiger partial charge < -0.3 is 13.5 Å². The fourth-order valence-electron chi connectivity index (χ4n) is 3.97. The molecule has 0 aliphatic carbocycles. The number of imidazole rings is 1. The molecule has 168 valence electrons. The molecule has 4 heterocycles. The average Bonchev–Trinajstić information content (AvgIpc) is 3.57. The van der Waals surface area contributed by atoms with Crippen molar-refractivity contribution in [1.29, 1.82) is 0 Å². The Hall–Kier alpha value is -2.56. The van der Waals surface area contributed by atoms with E-state index in [0.29, 0.717) is 40.8 Å². The lowest BCUT2D eigenvalue weighted by molar-refractivity contribution is 0.346. The van der Waals surface area contributed by atoms with Gasteiger partial charge in [-0.1, -0.05) is 23.3 Å². The van der Waals surface area contributed by atoms with Crippen molar-refractivity contribution in [2.24, 2.45) is 0 Å². The van der Waals surface area contributed by atoms with Gasteiger partial charge in [-0.3, -0.25) is 0 Å². The lowest BCUT2D eigenvalue weighted by atomic mass is 10.2. The SMILES string of the molecule is CCn1c(SCc2cc(-c3ccco3)on2)nc2cc(S(=O)(=O)N3CCCCC3)ccc21. The van der Waals surface area contributed by atoms with E-state index in [0.717, 1.165) is 42.2 Å². The molecule has 0 saturated carbocycles. The van der Waals surface area contributed by atoms with Gasteiger partial charge >= 0.3 is 0 Å². The van der Waals surface area contributed by atoms with Gasteiger partial charge in [-0.15, -0.1) is 0 Å². The van der Waals surface area contributed by atoms with Crippen LogP contribution < -0.4 is 0 Å². The number of thioether (sulfide) groups is 1. The molecule has 1 aliphatic heterocycles. The Morgan fingerprint density at radius 1 is 1.09 bits per heavy atom. The third kappa shape index (κ3) is 3.98. The Kier molecular flexibility index (Phi) is 5.83. The van der Waals surface area contributed by atoms with Gasteiger partial charge in [0, 0.05) is 31.5 Å². The van der Waals surface area contributed by atoms with Crippen LogP contribution in [-0.4, -0.2) is 40.5 Å². The molecule has 0 N–H and O–H groups in total. The fourth-order valence-corrected chi connectivity index (χ4v) is 6.47. The molecule has 1 saturated heterocycles. The predicted octanol–water partition coefficient (Wildman–Crippen LogP) is 4.77. The third-order valence-corrected chi connectivity index (χ3v) is 8.53. The predicted molar refractivity (Wildman–Crippen MR) is 122 cm³/mol. The number of furan rings is 1. The number of benzene rings is 1. The molecular formula is C22H24N4O4S2. The van der Waals surface area contributed by atoms with Crippen LogP contribution in [0.5, 0.6) is 0 Å². The van der Waals surface area contributed by atoms with E-state index >= 15 is 0 Å². The number of hydrogen-bond donors (Lipinski definition) is 0. The largest absolute Gasteiger partial charge is 0.461 e. The first-order valence-electron chi connectivity index (χ1n) is 10.7. The van der Waals surface area contributed by atoms with E-state index in [-0.39, 0.29) is 0 Å². The summed E-state index contributed by atoms with van der Waals surface area (Å²) >= 11 is 1.54. The number of rotatable bonds is 7. The summed E-state index contributed by atoms with van der Waals surface area (Å²) in [7, 11) is -3.49. The van der Waals surface area contributed by atoms with Crippen LogP contribution >= 0.6 is 11.8 Å². The summed E-state index contributed by atoms with van der Waals surface area (Å²) in [6.45, 7) is 3.95. The zero-order chi connectivity index (χ0) is 22.1. The Balaban J connectivity index is 1.39. The van der Waals surface area contributed by atoms with Crippen molar-refractivity contribution in [3.05, 3.63) is 48.4 Å². The molecule has 1 aromatic carbocycles. The normalized spacial score (nSPS) is 15.5. The number of aryl methyl sites for hydroxylation is 1. The summed E-state index contributed by atoms with van der Waals surface area (Å²) in [5.74, 6) is 1.80. The molecular weight excluding hydrogens is 448 g/mol. The van der Waals surface area contributed by atoms with Gasteiger partial charge in [-0.05, 0) is 50.1 Å². The van der Waals surface area contributed by atoms with E-state index in [9.17, 15) is 8.42 Å². The van der Waals surface area contributed by atoms with E-state index in [4.69, 9.17) is 13.9 Å². The zero-order valence-corrected chi connectivity index (χ0v) is 19.4. The molecule has 0 spiro atoms. The molecule has 0 atom stereocenters. The maximum atomic E-state index is 13.1. The zero-order valence-electron chi connectivity index (χ0n) is 17.7. The fraction of sp³-hybridized carbons (Fsp3) is 0.364. The number of hydrogen-bond acceptors (Lipinski definition) is 7. The molecule has 10 heteroatoms. The summed E-state index contributed by atoms with van der Waals surface area (Å²) in [6.07, 6.45) is 4.50. The smallest absolute Gasteiger partial charge is 0.243 e. The highest BCUT2D eigenvalue weighted by atomic mass is 32.2. The standard InChI is InChI=1S/C22H24N4O4S2/c1-2-26-19-9-8-17(32(27,28)25-10-4-3-5-11-25)14-18(19)23-22(26)31-15-16-13-21(30-24-16)20-7-6-12-29-20/h6-9,12-14H,2-5,10-11,15H2,1H3. The number of piperidine rings is 1. The maximum Gasteiger partial charge on any atom is 0.243 e. The topological polar surface area (TPSA) is 94.4 Å². The second-order valence-electron chi connectivity index (χ2n) is 7.70. The molecule has 5 rings (SSSR count). The van der Waals surface area contributed by atoms with Crippen molar-refractivity contribution in [1.82, 2.24) is 19.0 Å². The molecule has 3 aromatic heterocycles. The summed E-state index contributed by atoms with van der Waals surface area (Å²) in [5.41, 5.74) is 2.39. The summed E-state index contributed by atoms with van der Waals surface area (Å²) < 4.78 is 40.5. The first-order chi connectivity index (χ1) is 15.6. The Morgan fingerprint density at radius 2 is 1.94 bits per heavy atom. The number of fused-ring (bicyclic) bond motifs is 1. The summed E-state index contributed by atoms with van der Waals surface area (Å²) in [5, 5.41) is 4.93. The molecule has 1 fully saturated rings. The number of sulfonamides is 1. The van der Waals surface area contributed by atoms with E-state index in [1.165, 1.54) is 0 Å². The first kappa shape index (κ1) is 21.3. The quantitative estimate of drug-likeness (QED) is 0.358. The maximum absolute atomic E-state index is 13.1. The van der Waals surface area contributed by atoms with Crippen LogP contribution in [0.15, 0.2) is 61.7 Å². The van der Waals surface area contributed by atoms with Gasteiger partial charge in [-0.2, -0.15) is 4.31 Å². The van der Waals surface area contributed by atoms with Gasteiger partial charge in [0.25, 0.3) is 0 Å². The van der Waals surface area contributed by atoms with Gasteiger partial charge in [0.1, 0.15) is 0 Å². The van der Waals surface area contributed by atoms with E-state index in [1.807, 2.05) is 18.2 Å². The first-order valence-corrected chi connectivity index (χ1v) is 13.1. The van der Waals surface area contributed by atoms with Gasteiger partial charge in [0.15, 0.2) is 10.9 Å². The van der Waals surface area contributed by atoms with Crippen molar-refractivity contribution in [3.63, 3.8) is 0 Å². The summed E-state index contributed by atoms with van der Waals surface area (Å²) in [6, 6.07) is 10.7. The van der Waals surface area contributed by atoms with Gasteiger partial charge in [0.05, 0.1) is 27.9 Å². The van der Waals surface area contributed by atoms with E-state index in [1.54, 1.807) is 40.5 Å². The van der Waals surface area contributed by atoms with Crippen LogP contribution in [0.1, 0.15) is 31.9 Å². The number of nitrogens with zero attached hydrogens (tertiary/aromatic N) is 4. The van der Waals surface area contributed by atoms with Crippen molar-refractivity contribution in [2.75, 3.05) is 13.1 Å². The van der Waals surface area contributed by atoms with Crippen LogP contribution in [0, 0.1) is 0 Å². The molecule has 0 unspecified atom stereocenters. The minimum atomic E-state index is -3.49. The van der Waals surface area contributed by atoms with E-state index < -0.39 is 10.0 Å². The molecule has 4 aromatic rings. The van der Waals surface area contributed by atoms with Gasteiger partial charge in [-0.25, -0.2) is 13.4 Å². The molecule has 0 amide bonds. The molecule has 1 aliphatic rings. The van der Waals surface area contributed by atoms with Crippen LogP contribution in [0.4, 0.5) is 0 Å². The minimum Gasteiger partial charge on any atom is -0.461 e. The van der Waals surface area contributed by atoms with Crippen molar-refractivity contribution < 1.29 is 17.4 Å². The van der Waals surface area contributed by atoms with Crippen LogP contribution in [0.2, 0.25) is 0 Å². The molecule has 0 radical (unpaired) electrons. The Bertz CT molecular complexity index is 1320. The minimum absolute atomic E-state index is 0.309. The average molecular weight is 473 g/mol. The number of aromatic nitrogens is 3. The third-order valence-electron chi connectivity index (χ3n) is 5.63. The highest BCUT2D eigenvalue weighted by molar-refractivity contribution is 7.98. The molecule has 32 heavy (non-hydrogen) atoms. The highest BCUT2D eigenvalue weighted by Crippen LogP contribution is 2.30. The Labute approximate surface area is 190 Å². The monoisotopic (exact) mass is 472 g/mol.